The van der Waals surface area contributed by atoms with Crippen LogP contribution in [0.25, 0.3) is 0 Å². The van der Waals surface area contributed by atoms with E-state index in [1.54, 1.807) is 12.1 Å². The van der Waals surface area contributed by atoms with Crippen LogP contribution in [0.1, 0.15) is 23.1 Å². The van der Waals surface area contributed by atoms with Crippen molar-refractivity contribution in [1.29, 1.82) is 0 Å². The maximum atomic E-state index is 13.5. The van der Waals surface area contributed by atoms with Gasteiger partial charge in [-0.05, 0) is 55.0 Å². The number of methoxy groups -OCH3 is 1. The molecule has 1 aliphatic carbocycles. The molecular formula is C21H21F3N2O4S. The van der Waals surface area contributed by atoms with Crippen LogP contribution in [0.2, 0.25) is 0 Å². The summed E-state index contributed by atoms with van der Waals surface area (Å²) < 4.78 is 71.7. The molecule has 6 nitrogen and oxygen atoms in total. The number of para-hydroxylation sites is 1. The van der Waals surface area contributed by atoms with Crippen molar-refractivity contribution < 1.29 is 31.1 Å². The first-order valence-electron chi connectivity index (χ1n) is 9.80. The number of alkyl halides is 3. The molecule has 166 valence electrons. The van der Waals surface area contributed by atoms with Gasteiger partial charge < -0.3 is 10.1 Å². The molecule has 2 aromatic rings. The van der Waals surface area contributed by atoms with Crippen molar-refractivity contribution in [3.05, 3.63) is 53.1 Å². The number of benzene rings is 2. The third-order valence-electron chi connectivity index (χ3n) is 5.76. The lowest BCUT2D eigenvalue weighted by molar-refractivity contribution is -0.174. The summed E-state index contributed by atoms with van der Waals surface area (Å²) >= 11 is 0. The van der Waals surface area contributed by atoms with Crippen LogP contribution in [-0.4, -0.2) is 40.2 Å². The van der Waals surface area contributed by atoms with Crippen molar-refractivity contribution in [2.75, 3.05) is 18.0 Å². The zero-order valence-corrected chi connectivity index (χ0v) is 17.5. The maximum Gasteiger partial charge on any atom is 0.471 e. The van der Waals surface area contributed by atoms with Gasteiger partial charge in [-0.3, -0.25) is 9.10 Å². The lowest BCUT2D eigenvalue weighted by Crippen LogP contribution is -2.45. The Morgan fingerprint density at radius 1 is 1.13 bits per heavy atom. The molecule has 1 atom stereocenters. The van der Waals surface area contributed by atoms with Crippen molar-refractivity contribution in [3.8, 4) is 5.75 Å². The maximum absolute atomic E-state index is 13.5. The molecule has 0 radical (unpaired) electrons. The summed E-state index contributed by atoms with van der Waals surface area (Å²) in [5.41, 5.74) is 2.62. The Bertz CT molecular complexity index is 1130. The number of rotatable bonds is 4. The minimum absolute atomic E-state index is 0.0558. The van der Waals surface area contributed by atoms with E-state index in [1.807, 2.05) is 17.4 Å². The zero-order valence-electron chi connectivity index (χ0n) is 16.7. The summed E-state index contributed by atoms with van der Waals surface area (Å²) in [6, 6.07) is 9.54. The number of carbonyl (C=O) groups is 1. The van der Waals surface area contributed by atoms with Gasteiger partial charge in [0.05, 0.1) is 17.7 Å². The standard InChI is InChI=1S/C21H21F3N2O4S/c1-30-18-8-9-19(31(28,29)26-11-10-13-4-2-3-5-17(13)26)15-7-6-14(12-16(15)18)25-20(27)21(22,23)24/h2-5,8-9,14H,6-7,10-12H2,1H3,(H,25,27)/t14-/m0/s1. The fourth-order valence-electron chi connectivity index (χ4n) is 4.31. The van der Waals surface area contributed by atoms with E-state index >= 15 is 0 Å². The number of hydrogen-bond acceptors (Lipinski definition) is 4. The molecule has 0 unspecified atom stereocenters. The molecule has 1 heterocycles. The first kappa shape index (κ1) is 21.5. The summed E-state index contributed by atoms with van der Waals surface area (Å²) in [7, 11) is -2.46. The molecule has 1 aliphatic heterocycles. The third-order valence-corrected chi connectivity index (χ3v) is 7.66. The van der Waals surface area contributed by atoms with Crippen LogP contribution in [0.15, 0.2) is 41.3 Å². The monoisotopic (exact) mass is 454 g/mol. The number of sulfonamides is 1. The van der Waals surface area contributed by atoms with Crippen molar-refractivity contribution in [1.82, 2.24) is 5.32 Å². The number of ether oxygens (including phenoxy) is 1. The molecule has 0 spiro atoms. The molecule has 4 rings (SSSR count). The topological polar surface area (TPSA) is 75.7 Å². The highest BCUT2D eigenvalue weighted by Crippen LogP contribution is 2.39. The van der Waals surface area contributed by atoms with E-state index in [-0.39, 0.29) is 24.2 Å². The summed E-state index contributed by atoms with van der Waals surface area (Å²) in [4.78, 5) is 11.5. The number of amides is 1. The highest BCUT2D eigenvalue weighted by Gasteiger charge is 2.41. The molecule has 0 saturated carbocycles. The summed E-state index contributed by atoms with van der Waals surface area (Å²) in [6.45, 7) is 0.326. The Kier molecular flexibility index (Phi) is 5.36. The van der Waals surface area contributed by atoms with E-state index in [2.05, 4.69) is 0 Å². The lowest BCUT2D eigenvalue weighted by atomic mass is 9.87. The van der Waals surface area contributed by atoms with Crippen LogP contribution >= 0.6 is 0 Å². The smallest absolute Gasteiger partial charge is 0.471 e. The Labute approximate surface area is 178 Å². The predicted molar refractivity (Wildman–Crippen MR) is 108 cm³/mol. The van der Waals surface area contributed by atoms with Gasteiger partial charge in [0.15, 0.2) is 0 Å². The average Bonchev–Trinajstić information content (AvgIpc) is 3.17. The van der Waals surface area contributed by atoms with E-state index in [4.69, 9.17) is 4.74 Å². The number of hydrogen-bond donors (Lipinski definition) is 1. The predicted octanol–water partition coefficient (Wildman–Crippen LogP) is 2.98. The van der Waals surface area contributed by atoms with E-state index in [0.29, 0.717) is 35.5 Å². The van der Waals surface area contributed by atoms with Crippen molar-refractivity contribution in [2.45, 2.75) is 42.8 Å². The highest BCUT2D eigenvalue weighted by atomic mass is 32.2. The number of nitrogens with one attached hydrogen (secondary N) is 1. The zero-order chi connectivity index (χ0) is 22.4. The number of anilines is 1. The van der Waals surface area contributed by atoms with Crippen LogP contribution in [0.4, 0.5) is 18.9 Å². The first-order chi connectivity index (χ1) is 14.6. The molecule has 0 bridgehead atoms. The second-order valence-corrected chi connectivity index (χ2v) is 9.42. The van der Waals surface area contributed by atoms with Crippen LogP contribution in [0, 0.1) is 0 Å². The number of carbonyl (C=O) groups excluding carboxylic acids is 1. The normalized spacial score (nSPS) is 18.3. The molecule has 0 fully saturated rings. The Morgan fingerprint density at radius 2 is 1.87 bits per heavy atom. The van der Waals surface area contributed by atoms with Crippen molar-refractivity contribution in [2.24, 2.45) is 0 Å². The molecule has 2 aliphatic rings. The van der Waals surface area contributed by atoms with E-state index in [1.165, 1.54) is 23.5 Å². The van der Waals surface area contributed by atoms with Gasteiger partial charge in [0.1, 0.15) is 5.75 Å². The van der Waals surface area contributed by atoms with E-state index in [9.17, 15) is 26.4 Å². The minimum Gasteiger partial charge on any atom is -0.496 e. The fraction of sp³-hybridized carbons (Fsp3) is 0.381. The number of halogens is 3. The van der Waals surface area contributed by atoms with Crippen LogP contribution in [0.3, 0.4) is 0 Å². The van der Waals surface area contributed by atoms with Gasteiger partial charge in [-0.25, -0.2) is 8.42 Å². The SMILES string of the molecule is COc1ccc(S(=O)(=O)N2CCc3ccccc32)c2c1C[C@@H](NC(=O)C(F)(F)F)CC2. The second kappa shape index (κ2) is 7.74. The summed E-state index contributed by atoms with van der Waals surface area (Å²) in [6.07, 6.45) is -3.90. The van der Waals surface area contributed by atoms with Crippen LogP contribution in [-0.2, 0) is 34.1 Å². The van der Waals surface area contributed by atoms with Gasteiger partial charge in [0.25, 0.3) is 10.0 Å². The fourth-order valence-corrected chi connectivity index (χ4v) is 6.10. The molecule has 1 amide bonds. The molecule has 1 N–H and O–H groups in total. The van der Waals surface area contributed by atoms with Gasteiger partial charge in [0.2, 0.25) is 0 Å². The average molecular weight is 454 g/mol. The quantitative estimate of drug-likeness (QED) is 0.771. The van der Waals surface area contributed by atoms with Crippen molar-refractivity contribution in [3.63, 3.8) is 0 Å². The Hall–Kier alpha value is -2.75. The number of nitrogens with zero attached hydrogens (tertiary/aromatic N) is 1. The van der Waals surface area contributed by atoms with Gasteiger partial charge in [-0.1, -0.05) is 18.2 Å². The van der Waals surface area contributed by atoms with Gasteiger partial charge in [-0.2, -0.15) is 13.2 Å². The van der Waals surface area contributed by atoms with Gasteiger partial charge in [0, 0.05) is 18.2 Å². The second-order valence-electron chi connectivity index (χ2n) is 7.59. The van der Waals surface area contributed by atoms with E-state index in [0.717, 1.165) is 5.56 Å². The molecular weight excluding hydrogens is 433 g/mol. The van der Waals surface area contributed by atoms with Gasteiger partial charge >= 0.3 is 12.1 Å². The van der Waals surface area contributed by atoms with Crippen LogP contribution in [0.5, 0.6) is 5.75 Å². The van der Waals surface area contributed by atoms with E-state index < -0.39 is 28.1 Å². The molecule has 0 saturated heterocycles. The third kappa shape index (κ3) is 3.84. The lowest BCUT2D eigenvalue weighted by Gasteiger charge is -2.30. The van der Waals surface area contributed by atoms with Crippen LogP contribution < -0.4 is 14.4 Å². The summed E-state index contributed by atoms with van der Waals surface area (Å²) in [5, 5.41) is 2.00. The van der Waals surface area contributed by atoms with Gasteiger partial charge in [-0.15, -0.1) is 0 Å². The molecule has 31 heavy (non-hydrogen) atoms. The molecule has 0 aromatic heterocycles. The summed E-state index contributed by atoms with van der Waals surface area (Å²) in [5.74, 6) is -1.61. The Morgan fingerprint density at radius 3 is 2.58 bits per heavy atom. The largest absolute Gasteiger partial charge is 0.496 e. The highest BCUT2D eigenvalue weighted by molar-refractivity contribution is 7.93. The minimum atomic E-state index is -4.97. The Balaban J connectivity index is 1.70. The first-order valence-corrected chi connectivity index (χ1v) is 11.2. The molecule has 10 heteroatoms. The molecule has 2 aromatic carbocycles. The van der Waals surface area contributed by atoms with Crippen molar-refractivity contribution >= 4 is 21.6 Å². The number of fused-ring (bicyclic) bond motifs is 2.